The van der Waals surface area contributed by atoms with Gasteiger partial charge in [-0.25, -0.2) is 0 Å². The van der Waals surface area contributed by atoms with Gasteiger partial charge in [-0.15, -0.1) is 0 Å². The molecule has 0 fully saturated rings. The summed E-state index contributed by atoms with van der Waals surface area (Å²) in [6.07, 6.45) is 3.30. The third kappa shape index (κ3) is 2.83. The lowest BCUT2D eigenvalue weighted by atomic mass is 9.76. The first kappa shape index (κ1) is 14.5. The lowest BCUT2D eigenvalue weighted by Gasteiger charge is -2.47. The quantitative estimate of drug-likeness (QED) is 0.880. The van der Waals surface area contributed by atoms with Crippen molar-refractivity contribution in [1.82, 2.24) is 4.90 Å². The Labute approximate surface area is 116 Å². The Balaban J connectivity index is 2.21. The molecule has 19 heavy (non-hydrogen) atoms. The van der Waals surface area contributed by atoms with Crippen LogP contribution in [0, 0.1) is 0 Å². The molecule has 1 aliphatic carbocycles. The molecule has 2 rings (SSSR count). The van der Waals surface area contributed by atoms with Crippen LogP contribution >= 0.6 is 0 Å². The molecule has 0 heterocycles. The molecule has 0 radical (unpaired) electrons. The Hall–Kier alpha value is -0.900. The van der Waals surface area contributed by atoms with Crippen LogP contribution in [0.3, 0.4) is 0 Å². The SMILES string of the molecule is COCC(C)N(C)C1(CN)CCc2ccccc2C1. The maximum absolute atomic E-state index is 6.15. The highest BCUT2D eigenvalue weighted by atomic mass is 16.5. The zero-order valence-electron chi connectivity index (χ0n) is 12.4. The Bertz CT molecular complexity index is 421. The molecule has 0 aliphatic heterocycles. The number of hydrogen-bond donors (Lipinski definition) is 1. The summed E-state index contributed by atoms with van der Waals surface area (Å²) in [5, 5.41) is 0. The largest absolute Gasteiger partial charge is 0.383 e. The van der Waals surface area contributed by atoms with Gasteiger partial charge in [-0.3, -0.25) is 4.90 Å². The summed E-state index contributed by atoms with van der Waals surface area (Å²) < 4.78 is 5.29. The number of methoxy groups -OCH3 is 1. The maximum atomic E-state index is 6.15. The number of benzene rings is 1. The molecule has 0 bridgehead atoms. The lowest BCUT2D eigenvalue weighted by Crippen LogP contribution is -2.59. The Morgan fingerprint density at radius 1 is 1.37 bits per heavy atom. The average molecular weight is 262 g/mol. The minimum absolute atomic E-state index is 0.0757. The number of hydrogen-bond acceptors (Lipinski definition) is 3. The summed E-state index contributed by atoms with van der Waals surface area (Å²) >= 11 is 0. The Kier molecular flexibility index (Phi) is 4.61. The Morgan fingerprint density at radius 2 is 2.05 bits per heavy atom. The number of fused-ring (bicyclic) bond motifs is 1. The minimum Gasteiger partial charge on any atom is -0.383 e. The predicted molar refractivity (Wildman–Crippen MR) is 79.4 cm³/mol. The van der Waals surface area contributed by atoms with E-state index in [1.807, 2.05) is 0 Å². The molecule has 2 atom stereocenters. The van der Waals surface area contributed by atoms with E-state index in [4.69, 9.17) is 10.5 Å². The van der Waals surface area contributed by atoms with Crippen molar-refractivity contribution in [2.75, 3.05) is 27.3 Å². The molecule has 2 N–H and O–H groups in total. The van der Waals surface area contributed by atoms with Gasteiger partial charge in [0.15, 0.2) is 0 Å². The van der Waals surface area contributed by atoms with Crippen molar-refractivity contribution in [2.24, 2.45) is 5.73 Å². The minimum atomic E-state index is 0.0757. The summed E-state index contributed by atoms with van der Waals surface area (Å²) in [6, 6.07) is 9.14. The number of nitrogens with two attached hydrogens (primary N) is 1. The van der Waals surface area contributed by atoms with Crippen LogP contribution < -0.4 is 5.73 Å². The molecule has 2 unspecified atom stereocenters. The number of nitrogens with zero attached hydrogens (tertiary/aromatic N) is 1. The molecule has 3 nitrogen and oxygen atoms in total. The molecule has 0 aromatic heterocycles. The molecule has 0 amide bonds. The molecule has 3 heteroatoms. The molecule has 0 saturated heterocycles. The smallest absolute Gasteiger partial charge is 0.0615 e. The van der Waals surface area contributed by atoms with E-state index in [1.54, 1.807) is 7.11 Å². The molecular formula is C16H26N2O. The van der Waals surface area contributed by atoms with Crippen molar-refractivity contribution >= 4 is 0 Å². The molecule has 106 valence electrons. The molecular weight excluding hydrogens is 236 g/mol. The van der Waals surface area contributed by atoms with Gasteiger partial charge in [0.2, 0.25) is 0 Å². The summed E-state index contributed by atoms with van der Waals surface area (Å²) in [6.45, 7) is 3.66. The summed E-state index contributed by atoms with van der Waals surface area (Å²) in [7, 11) is 3.94. The number of ether oxygens (including phenoxy) is 1. The van der Waals surface area contributed by atoms with E-state index >= 15 is 0 Å². The highest BCUT2D eigenvalue weighted by Crippen LogP contribution is 2.33. The third-order valence-corrected chi connectivity index (χ3v) is 4.69. The predicted octanol–water partition coefficient (Wildman–Crippen LogP) is 1.84. The summed E-state index contributed by atoms with van der Waals surface area (Å²) in [5.74, 6) is 0. The van der Waals surface area contributed by atoms with Gasteiger partial charge in [-0.2, -0.15) is 0 Å². The first-order chi connectivity index (χ1) is 9.13. The van der Waals surface area contributed by atoms with E-state index in [0.717, 1.165) is 25.9 Å². The van der Waals surface area contributed by atoms with Crippen LogP contribution in [0.5, 0.6) is 0 Å². The molecule has 1 aromatic rings. The van der Waals surface area contributed by atoms with Gasteiger partial charge in [-0.1, -0.05) is 24.3 Å². The third-order valence-electron chi connectivity index (χ3n) is 4.69. The van der Waals surface area contributed by atoms with Gasteiger partial charge in [0.1, 0.15) is 0 Å². The van der Waals surface area contributed by atoms with Gasteiger partial charge in [0, 0.05) is 25.2 Å². The second kappa shape index (κ2) is 6.04. The van der Waals surface area contributed by atoms with E-state index in [1.165, 1.54) is 11.1 Å². The van der Waals surface area contributed by atoms with Crippen molar-refractivity contribution in [2.45, 2.75) is 37.8 Å². The van der Waals surface area contributed by atoms with Gasteiger partial charge >= 0.3 is 0 Å². The standard InChI is InChI=1S/C16H26N2O/c1-13(11-19-3)18(2)16(12-17)9-8-14-6-4-5-7-15(14)10-16/h4-7,13H,8-12,17H2,1-3H3. The second-order valence-electron chi connectivity index (χ2n) is 5.79. The van der Waals surface area contributed by atoms with Gasteiger partial charge < -0.3 is 10.5 Å². The highest BCUT2D eigenvalue weighted by molar-refractivity contribution is 5.32. The monoisotopic (exact) mass is 262 g/mol. The molecule has 1 aromatic carbocycles. The Morgan fingerprint density at radius 3 is 2.68 bits per heavy atom. The van der Waals surface area contributed by atoms with Crippen molar-refractivity contribution in [1.29, 1.82) is 0 Å². The molecule has 1 aliphatic rings. The molecule has 0 saturated carbocycles. The van der Waals surface area contributed by atoms with Crippen LogP contribution in [0.15, 0.2) is 24.3 Å². The van der Waals surface area contributed by atoms with Crippen LogP contribution in [0.4, 0.5) is 0 Å². The highest BCUT2D eigenvalue weighted by Gasteiger charge is 2.38. The van der Waals surface area contributed by atoms with Crippen molar-refractivity contribution in [3.05, 3.63) is 35.4 Å². The van der Waals surface area contributed by atoms with Gasteiger partial charge in [0.25, 0.3) is 0 Å². The normalized spacial score (nSPS) is 24.3. The number of rotatable bonds is 5. The van der Waals surface area contributed by atoms with Crippen LogP contribution in [0.2, 0.25) is 0 Å². The van der Waals surface area contributed by atoms with Crippen molar-refractivity contribution in [3.63, 3.8) is 0 Å². The lowest BCUT2D eigenvalue weighted by molar-refractivity contribution is 0.0296. The van der Waals surface area contributed by atoms with Crippen molar-refractivity contribution in [3.8, 4) is 0 Å². The average Bonchev–Trinajstić information content (AvgIpc) is 2.46. The summed E-state index contributed by atoms with van der Waals surface area (Å²) in [5.41, 5.74) is 9.16. The van der Waals surface area contributed by atoms with Crippen LogP contribution in [0.25, 0.3) is 0 Å². The zero-order chi connectivity index (χ0) is 13.9. The van der Waals surface area contributed by atoms with E-state index in [-0.39, 0.29) is 5.54 Å². The number of likely N-dealkylation sites (N-methyl/N-ethyl adjacent to an activating group) is 1. The van der Waals surface area contributed by atoms with Gasteiger partial charge in [0.05, 0.1) is 6.61 Å². The molecule has 0 spiro atoms. The fourth-order valence-corrected chi connectivity index (χ4v) is 3.22. The second-order valence-corrected chi connectivity index (χ2v) is 5.79. The fourth-order valence-electron chi connectivity index (χ4n) is 3.22. The number of aryl methyl sites for hydroxylation is 1. The van der Waals surface area contributed by atoms with Gasteiger partial charge in [-0.05, 0) is 44.4 Å². The van der Waals surface area contributed by atoms with Crippen LogP contribution in [-0.2, 0) is 17.6 Å². The van der Waals surface area contributed by atoms with E-state index in [0.29, 0.717) is 12.6 Å². The topological polar surface area (TPSA) is 38.5 Å². The fraction of sp³-hybridized carbons (Fsp3) is 0.625. The maximum Gasteiger partial charge on any atom is 0.0615 e. The first-order valence-electron chi connectivity index (χ1n) is 7.11. The van der Waals surface area contributed by atoms with E-state index in [2.05, 4.69) is 43.1 Å². The van der Waals surface area contributed by atoms with Crippen molar-refractivity contribution < 1.29 is 4.74 Å². The zero-order valence-corrected chi connectivity index (χ0v) is 12.4. The van der Waals surface area contributed by atoms with E-state index in [9.17, 15) is 0 Å². The summed E-state index contributed by atoms with van der Waals surface area (Å²) in [4.78, 5) is 2.42. The van der Waals surface area contributed by atoms with Crippen LogP contribution in [0.1, 0.15) is 24.5 Å². The first-order valence-corrected chi connectivity index (χ1v) is 7.11. The van der Waals surface area contributed by atoms with E-state index < -0.39 is 0 Å². The van der Waals surface area contributed by atoms with Crippen LogP contribution in [-0.4, -0.2) is 43.8 Å².